The number of aromatic nitrogens is 1. The number of thiazole rings is 1. The molecule has 1 aromatic heterocycles. The minimum Gasteiger partial charge on any atom is -0.396 e. The van der Waals surface area contributed by atoms with Gasteiger partial charge in [-0.3, -0.25) is 0 Å². The van der Waals surface area contributed by atoms with E-state index in [1.807, 2.05) is 6.92 Å². The van der Waals surface area contributed by atoms with E-state index in [9.17, 15) is 8.42 Å². The largest absolute Gasteiger partial charge is 0.396 e. The molecule has 1 atom stereocenters. The molecule has 16 heavy (non-hydrogen) atoms. The molecule has 0 aliphatic rings. The van der Waals surface area contributed by atoms with Crippen molar-refractivity contribution in [3.63, 3.8) is 0 Å². The second-order valence-electron chi connectivity index (χ2n) is 3.29. The highest BCUT2D eigenvalue weighted by molar-refractivity contribution is 7.91. The number of anilines is 1. The Morgan fingerprint density at radius 2 is 2.38 bits per heavy atom. The van der Waals surface area contributed by atoms with E-state index in [1.54, 1.807) is 0 Å². The number of sulfonamides is 1. The first-order valence-corrected chi connectivity index (χ1v) is 7.19. The zero-order valence-electron chi connectivity index (χ0n) is 8.88. The van der Waals surface area contributed by atoms with Crippen LogP contribution in [0, 0.1) is 0 Å². The molecule has 1 aromatic rings. The van der Waals surface area contributed by atoms with E-state index in [-0.39, 0.29) is 16.9 Å². The molecule has 1 rings (SSSR count). The third-order valence-electron chi connectivity index (χ3n) is 2.06. The number of nitrogens with one attached hydrogen (secondary N) is 1. The predicted molar refractivity (Wildman–Crippen MR) is 62.9 cm³/mol. The van der Waals surface area contributed by atoms with Gasteiger partial charge >= 0.3 is 0 Å². The molecule has 0 fully saturated rings. The summed E-state index contributed by atoms with van der Waals surface area (Å²) in [4.78, 5) is 3.92. The fraction of sp³-hybridized carbons (Fsp3) is 0.625. The van der Waals surface area contributed by atoms with Gasteiger partial charge in [0, 0.05) is 12.6 Å². The lowest BCUT2D eigenvalue weighted by Crippen LogP contribution is -2.19. The SMILES string of the molecule is CCC(CCO)Nc1ncc(S(N)(=O)=O)s1. The van der Waals surface area contributed by atoms with E-state index in [0.29, 0.717) is 11.6 Å². The van der Waals surface area contributed by atoms with Crippen LogP contribution in [0.25, 0.3) is 0 Å². The fourth-order valence-corrected chi connectivity index (χ4v) is 2.69. The molecular weight excluding hydrogens is 250 g/mol. The van der Waals surface area contributed by atoms with Gasteiger partial charge in [-0.15, -0.1) is 0 Å². The van der Waals surface area contributed by atoms with Crippen LogP contribution in [0.15, 0.2) is 10.4 Å². The fourth-order valence-electron chi connectivity index (χ4n) is 1.17. The van der Waals surface area contributed by atoms with Crippen molar-refractivity contribution >= 4 is 26.5 Å². The first-order valence-electron chi connectivity index (χ1n) is 4.83. The normalized spacial score (nSPS) is 13.7. The number of aliphatic hydroxyl groups is 1. The lowest BCUT2D eigenvalue weighted by atomic mass is 10.2. The standard InChI is InChI=1S/C8H15N3O3S2/c1-2-6(3-4-12)11-8-10-5-7(15-8)16(9,13)14/h5-6,12H,2-4H2,1H3,(H,10,11)(H2,9,13,14). The highest BCUT2D eigenvalue weighted by atomic mass is 32.2. The van der Waals surface area contributed by atoms with Crippen LogP contribution in [0.2, 0.25) is 0 Å². The van der Waals surface area contributed by atoms with Crippen LogP contribution < -0.4 is 10.5 Å². The molecule has 1 unspecified atom stereocenters. The number of primary sulfonamides is 1. The van der Waals surface area contributed by atoms with Gasteiger partial charge in [0.1, 0.15) is 0 Å². The van der Waals surface area contributed by atoms with Crippen molar-refractivity contribution in [1.29, 1.82) is 0 Å². The number of nitrogens with zero attached hydrogens (tertiary/aromatic N) is 1. The van der Waals surface area contributed by atoms with Gasteiger partial charge < -0.3 is 10.4 Å². The van der Waals surface area contributed by atoms with Gasteiger partial charge in [0.2, 0.25) is 10.0 Å². The van der Waals surface area contributed by atoms with Gasteiger partial charge in [-0.05, 0) is 12.8 Å². The smallest absolute Gasteiger partial charge is 0.249 e. The second kappa shape index (κ2) is 5.58. The van der Waals surface area contributed by atoms with E-state index in [0.717, 1.165) is 17.8 Å². The quantitative estimate of drug-likeness (QED) is 0.689. The summed E-state index contributed by atoms with van der Waals surface area (Å²) < 4.78 is 22.1. The van der Waals surface area contributed by atoms with Crippen LogP contribution in [0.4, 0.5) is 5.13 Å². The molecule has 8 heteroatoms. The van der Waals surface area contributed by atoms with Crippen LogP contribution >= 0.6 is 11.3 Å². The summed E-state index contributed by atoms with van der Waals surface area (Å²) in [7, 11) is -3.67. The molecule has 92 valence electrons. The Bertz CT molecular complexity index is 429. The Kier molecular flexibility index (Phi) is 4.66. The predicted octanol–water partition coefficient (Wildman–Crippen LogP) is 0.363. The highest BCUT2D eigenvalue weighted by Gasteiger charge is 2.14. The number of aliphatic hydroxyl groups excluding tert-OH is 1. The topological polar surface area (TPSA) is 105 Å². The van der Waals surface area contributed by atoms with Crippen LogP contribution in [-0.2, 0) is 10.0 Å². The Morgan fingerprint density at radius 3 is 2.81 bits per heavy atom. The Balaban J connectivity index is 2.71. The van der Waals surface area contributed by atoms with E-state index in [4.69, 9.17) is 10.2 Å². The number of nitrogens with two attached hydrogens (primary N) is 1. The number of hydrogen-bond acceptors (Lipinski definition) is 6. The summed E-state index contributed by atoms with van der Waals surface area (Å²) in [5.41, 5.74) is 0. The maximum Gasteiger partial charge on any atom is 0.249 e. The lowest BCUT2D eigenvalue weighted by molar-refractivity contribution is 0.278. The molecule has 0 radical (unpaired) electrons. The van der Waals surface area contributed by atoms with Crippen LogP contribution in [0.3, 0.4) is 0 Å². The van der Waals surface area contributed by atoms with Gasteiger partial charge in [0.05, 0.1) is 6.20 Å². The molecule has 0 amide bonds. The molecule has 6 nitrogen and oxygen atoms in total. The third-order valence-corrected chi connectivity index (χ3v) is 4.40. The van der Waals surface area contributed by atoms with Crippen molar-refractivity contribution in [1.82, 2.24) is 4.98 Å². The Hall–Kier alpha value is -0.700. The average Bonchev–Trinajstić information content (AvgIpc) is 2.65. The monoisotopic (exact) mass is 265 g/mol. The average molecular weight is 265 g/mol. The van der Waals surface area contributed by atoms with E-state index in [1.165, 1.54) is 6.20 Å². The van der Waals surface area contributed by atoms with Gasteiger partial charge in [-0.1, -0.05) is 18.3 Å². The summed E-state index contributed by atoms with van der Waals surface area (Å²) >= 11 is 0.993. The van der Waals surface area contributed by atoms with Gasteiger partial charge in [0.15, 0.2) is 9.34 Å². The Labute approximate surface area is 98.6 Å². The van der Waals surface area contributed by atoms with E-state index >= 15 is 0 Å². The van der Waals surface area contributed by atoms with Crippen molar-refractivity contribution in [2.45, 2.75) is 30.0 Å². The molecule has 0 bridgehead atoms. The summed E-state index contributed by atoms with van der Waals surface area (Å²) in [5.74, 6) is 0. The molecule has 0 saturated heterocycles. The molecular formula is C8H15N3O3S2. The van der Waals surface area contributed by atoms with Crippen molar-refractivity contribution in [3.05, 3.63) is 6.20 Å². The number of hydrogen-bond donors (Lipinski definition) is 3. The highest BCUT2D eigenvalue weighted by Crippen LogP contribution is 2.22. The Morgan fingerprint density at radius 1 is 1.69 bits per heavy atom. The minimum absolute atomic E-state index is 0.0360. The maximum atomic E-state index is 11.0. The van der Waals surface area contributed by atoms with Crippen molar-refractivity contribution in [2.24, 2.45) is 5.14 Å². The van der Waals surface area contributed by atoms with Crippen molar-refractivity contribution < 1.29 is 13.5 Å². The van der Waals surface area contributed by atoms with Gasteiger partial charge in [0.25, 0.3) is 0 Å². The van der Waals surface area contributed by atoms with Gasteiger partial charge in [-0.2, -0.15) is 0 Å². The molecule has 0 aromatic carbocycles. The van der Waals surface area contributed by atoms with Crippen LogP contribution in [0.1, 0.15) is 19.8 Å². The third kappa shape index (κ3) is 3.71. The van der Waals surface area contributed by atoms with Crippen molar-refractivity contribution in [2.75, 3.05) is 11.9 Å². The maximum absolute atomic E-state index is 11.0. The van der Waals surface area contributed by atoms with Gasteiger partial charge in [-0.25, -0.2) is 18.5 Å². The number of rotatable bonds is 6. The van der Waals surface area contributed by atoms with E-state index < -0.39 is 10.0 Å². The molecule has 1 heterocycles. The molecule has 0 aliphatic heterocycles. The first kappa shape index (κ1) is 13.4. The minimum atomic E-state index is -3.67. The molecule has 0 aliphatic carbocycles. The summed E-state index contributed by atoms with van der Waals surface area (Å²) in [6.07, 6.45) is 2.65. The summed E-state index contributed by atoms with van der Waals surface area (Å²) in [5, 5.41) is 17.3. The zero-order valence-corrected chi connectivity index (χ0v) is 10.5. The summed E-state index contributed by atoms with van der Waals surface area (Å²) in [6.45, 7) is 2.06. The molecule has 4 N–H and O–H groups in total. The summed E-state index contributed by atoms with van der Waals surface area (Å²) in [6, 6.07) is 0.0875. The zero-order chi connectivity index (χ0) is 12.2. The lowest BCUT2D eigenvalue weighted by Gasteiger charge is -2.14. The van der Waals surface area contributed by atoms with Crippen LogP contribution in [0.5, 0.6) is 0 Å². The first-order chi connectivity index (χ1) is 7.47. The van der Waals surface area contributed by atoms with Crippen LogP contribution in [-0.4, -0.2) is 31.2 Å². The molecule has 0 saturated carbocycles. The second-order valence-corrected chi connectivity index (χ2v) is 6.11. The molecule has 0 spiro atoms. The van der Waals surface area contributed by atoms with E-state index in [2.05, 4.69) is 10.3 Å². The van der Waals surface area contributed by atoms with Crippen molar-refractivity contribution in [3.8, 4) is 0 Å².